The van der Waals surface area contributed by atoms with Crippen molar-refractivity contribution >= 4 is 34.8 Å². The molecule has 1 saturated heterocycles. The highest BCUT2D eigenvalue weighted by Gasteiger charge is 2.39. The molecule has 2 aromatic rings. The van der Waals surface area contributed by atoms with Crippen molar-refractivity contribution in [3.8, 4) is 17.2 Å². The molecule has 0 amide bonds. The summed E-state index contributed by atoms with van der Waals surface area (Å²) in [5.74, 6) is 0.759. The molecule has 26 heavy (non-hydrogen) atoms. The Hall–Kier alpha value is -1.25. The van der Waals surface area contributed by atoms with E-state index in [0.29, 0.717) is 20.8 Å². The molecule has 4 atom stereocenters. The van der Waals surface area contributed by atoms with Crippen LogP contribution in [0.5, 0.6) is 17.2 Å². The Morgan fingerprint density at radius 3 is 2.19 bits per heavy atom. The summed E-state index contributed by atoms with van der Waals surface area (Å²) in [5, 5.41) is 30.4. The van der Waals surface area contributed by atoms with E-state index in [0.717, 1.165) is 0 Å². The zero-order chi connectivity index (χ0) is 18.8. The van der Waals surface area contributed by atoms with E-state index in [4.69, 9.17) is 49.0 Å². The maximum atomic E-state index is 10.0. The molecular formula is C17H15Cl3O6. The van der Waals surface area contributed by atoms with Crippen LogP contribution in [0, 0.1) is 0 Å². The normalized spacial score (nSPS) is 25.8. The van der Waals surface area contributed by atoms with Crippen molar-refractivity contribution in [2.45, 2.75) is 24.6 Å². The van der Waals surface area contributed by atoms with E-state index >= 15 is 0 Å². The van der Waals surface area contributed by atoms with Crippen LogP contribution in [0.4, 0.5) is 0 Å². The van der Waals surface area contributed by atoms with Gasteiger partial charge in [0.1, 0.15) is 24.1 Å². The molecule has 2 aromatic carbocycles. The number of halogens is 3. The van der Waals surface area contributed by atoms with Crippen molar-refractivity contribution < 1.29 is 29.5 Å². The molecule has 0 radical (unpaired) electrons. The van der Waals surface area contributed by atoms with Crippen LogP contribution >= 0.6 is 34.8 Å². The standard InChI is InChI=1S/C17H15Cl3O6/c18-8-1-3-12(10(20)5-8)25-13-4-2-9(19)6-14(13)26-17-16(23)15(22)11(21)7-24-17/h1-6,11,15-17,21-23H,7H2/t11-,15+,16-,17+/m1/s1. The first-order valence-corrected chi connectivity index (χ1v) is 8.73. The van der Waals surface area contributed by atoms with Crippen molar-refractivity contribution in [2.75, 3.05) is 6.61 Å². The first-order chi connectivity index (χ1) is 12.3. The molecule has 0 aromatic heterocycles. The van der Waals surface area contributed by atoms with E-state index in [1.165, 1.54) is 12.1 Å². The minimum Gasteiger partial charge on any atom is -0.458 e. The maximum absolute atomic E-state index is 10.0. The third-order valence-electron chi connectivity index (χ3n) is 3.72. The second-order valence-corrected chi connectivity index (χ2v) is 6.92. The Morgan fingerprint density at radius 1 is 0.846 bits per heavy atom. The summed E-state index contributed by atoms with van der Waals surface area (Å²) in [6, 6.07) is 9.35. The fourth-order valence-electron chi connectivity index (χ4n) is 2.34. The lowest BCUT2D eigenvalue weighted by atomic mass is 10.1. The van der Waals surface area contributed by atoms with Gasteiger partial charge >= 0.3 is 0 Å². The molecule has 1 aliphatic heterocycles. The van der Waals surface area contributed by atoms with Gasteiger partial charge in [-0.25, -0.2) is 0 Å². The average molecular weight is 422 g/mol. The Balaban J connectivity index is 1.84. The summed E-state index contributed by atoms with van der Waals surface area (Å²) < 4.78 is 16.6. The summed E-state index contributed by atoms with van der Waals surface area (Å²) in [5.41, 5.74) is 0. The second kappa shape index (κ2) is 8.19. The summed E-state index contributed by atoms with van der Waals surface area (Å²) in [7, 11) is 0. The van der Waals surface area contributed by atoms with Crippen LogP contribution in [0.15, 0.2) is 36.4 Å². The molecular weight excluding hydrogens is 407 g/mol. The zero-order valence-electron chi connectivity index (χ0n) is 13.2. The van der Waals surface area contributed by atoms with Crippen molar-refractivity contribution in [2.24, 2.45) is 0 Å². The summed E-state index contributed by atoms with van der Waals surface area (Å²) in [6.45, 7) is -0.192. The van der Waals surface area contributed by atoms with E-state index in [1.807, 2.05) is 0 Å². The third-order valence-corrected chi connectivity index (χ3v) is 4.48. The number of aliphatic hydroxyl groups excluding tert-OH is 3. The van der Waals surface area contributed by atoms with Gasteiger partial charge in [0.25, 0.3) is 0 Å². The van der Waals surface area contributed by atoms with Gasteiger partial charge in [-0.3, -0.25) is 0 Å². The van der Waals surface area contributed by atoms with Gasteiger partial charge in [0.15, 0.2) is 11.5 Å². The van der Waals surface area contributed by atoms with Gasteiger partial charge in [0, 0.05) is 16.1 Å². The quantitative estimate of drug-likeness (QED) is 0.702. The van der Waals surface area contributed by atoms with Gasteiger partial charge in [0.2, 0.25) is 6.29 Å². The number of hydrogen-bond donors (Lipinski definition) is 3. The number of aliphatic hydroxyl groups is 3. The lowest BCUT2D eigenvalue weighted by molar-refractivity contribution is -0.242. The van der Waals surface area contributed by atoms with Crippen molar-refractivity contribution in [1.82, 2.24) is 0 Å². The van der Waals surface area contributed by atoms with E-state index in [9.17, 15) is 15.3 Å². The summed E-state index contributed by atoms with van der Waals surface area (Å²) >= 11 is 18.0. The van der Waals surface area contributed by atoms with Crippen LogP contribution in [0.1, 0.15) is 0 Å². The van der Waals surface area contributed by atoms with Crippen LogP contribution in [0.2, 0.25) is 15.1 Å². The molecule has 3 N–H and O–H groups in total. The van der Waals surface area contributed by atoms with Gasteiger partial charge < -0.3 is 29.5 Å². The monoisotopic (exact) mass is 420 g/mol. The van der Waals surface area contributed by atoms with Crippen molar-refractivity contribution in [1.29, 1.82) is 0 Å². The molecule has 140 valence electrons. The van der Waals surface area contributed by atoms with Crippen LogP contribution in [0.25, 0.3) is 0 Å². The van der Waals surface area contributed by atoms with Crippen LogP contribution in [-0.4, -0.2) is 46.5 Å². The first kappa shape index (κ1) is 19.5. The lowest BCUT2D eigenvalue weighted by Gasteiger charge is -2.35. The highest BCUT2D eigenvalue weighted by atomic mass is 35.5. The molecule has 9 heteroatoms. The second-order valence-electron chi connectivity index (χ2n) is 5.64. The van der Waals surface area contributed by atoms with Crippen LogP contribution in [0.3, 0.4) is 0 Å². The zero-order valence-corrected chi connectivity index (χ0v) is 15.4. The van der Waals surface area contributed by atoms with E-state index in [2.05, 4.69) is 0 Å². The van der Waals surface area contributed by atoms with E-state index in [-0.39, 0.29) is 18.1 Å². The highest BCUT2D eigenvalue weighted by Crippen LogP contribution is 2.38. The first-order valence-electron chi connectivity index (χ1n) is 7.60. The number of hydrogen-bond acceptors (Lipinski definition) is 6. The SMILES string of the molecule is O[C@@H]1[C@@H](O)[C@H](Oc2cc(Cl)ccc2Oc2ccc(Cl)cc2Cl)OC[C@H]1O. The minimum atomic E-state index is -1.45. The van der Waals surface area contributed by atoms with E-state index in [1.54, 1.807) is 24.3 Å². The van der Waals surface area contributed by atoms with Crippen molar-refractivity contribution in [3.63, 3.8) is 0 Å². The summed E-state index contributed by atoms with van der Waals surface area (Å²) in [4.78, 5) is 0. The van der Waals surface area contributed by atoms with Gasteiger partial charge in [-0.1, -0.05) is 34.8 Å². The van der Waals surface area contributed by atoms with Gasteiger partial charge in [-0.05, 0) is 30.3 Å². The lowest BCUT2D eigenvalue weighted by Crippen LogP contribution is -2.54. The van der Waals surface area contributed by atoms with E-state index < -0.39 is 24.6 Å². The predicted octanol–water partition coefficient (Wildman–Crippen LogP) is 3.26. The Bertz CT molecular complexity index is 787. The fraction of sp³-hybridized carbons (Fsp3) is 0.294. The summed E-state index contributed by atoms with van der Waals surface area (Å²) in [6.07, 6.45) is -5.27. The molecule has 1 fully saturated rings. The smallest absolute Gasteiger partial charge is 0.229 e. The molecule has 0 unspecified atom stereocenters. The number of rotatable bonds is 4. The fourth-order valence-corrected chi connectivity index (χ4v) is 2.95. The Kier molecular flexibility index (Phi) is 6.14. The van der Waals surface area contributed by atoms with Gasteiger partial charge in [-0.15, -0.1) is 0 Å². The maximum Gasteiger partial charge on any atom is 0.229 e. The topological polar surface area (TPSA) is 88.4 Å². The Labute approximate surface area is 164 Å². The number of benzene rings is 2. The largest absolute Gasteiger partial charge is 0.458 e. The van der Waals surface area contributed by atoms with Crippen molar-refractivity contribution in [3.05, 3.63) is 51.5 Å². The van der Waals surface area contributed by atoms with Crippen LogP contribution in [-0.2, 0) is 4.74 Å². The molecule has 0 saturated carbocycles. The predicted molar refractivity (Wildman–Crippen MR) is 96.4 cm³/mol. The highest BCUT2D eigenvalue weighted by molar-refractivity contribution is 6.35. The molecule has 0 bridgehead atoms. The van der Waals surface area contributed by atoms with Gasteiger partial charge in [-0.2, -0.15) is 0 Å². The number of ether oxygens (including phenoxy) is 3. The molecule has 0 aliphatic carbocycles. The third kappa shape index (κ3) is 4.35. The average Bonchev–Trinajstić information content (AvgIpc) is 2.60. The molecule has 1 aliphatic rings. The molecule has 0 spiro atoms. The van der Waals surface area contributed by atoms with Crippen LogP contribution < -0.4 is 9.47 Å². The minimum absolute atomic E-state index is 0.163. The molecule has 6 nitrogen and oxygen atoms in total. The Morgan fingerprint density at radius 2 is 1.50 bits per heavy atom. The molecule has 1 heterocycles. The van der Waals surface area contributed by atoms with Gasteiger partial charge in [0.05, 0.1) is 11.6 Å². The molecule has 3 rings (SSSR count).